The predicted molar refractivity (Wildman–Crippen MR) is 71.1 cm³/mol. The summed E-state index contributed by atoms with van der Waals surface area (Å²) in [5, 5.41) is 10.9. The second-order valence-electron chi connectivity index (χ2n) is 5.05. The van der Waals surface area contributed by atoms with E-state index < -0.39 is 5.60 Å². The molecule has 1 aromatic rings. The van der Waals surface area contributed by atoms with Gasteiger partial charge in [-0.15, -0.1) is 0 Å². The van der Waals surface area contributed by atoms with E-state index in [0.29, 0.717) is 0 Å². The Morgan fingerprint density at radius 3 is 1.83 bits per heavy atom. The Balaban J connectivity index is 2.35. The van der Waals surface area contributed by atoms with Gasteiger partial charge in [-0.3, -0.25) is 0 Å². The summed E-state index contributed by atoms with van der Waals surface area (Å²) in [6.45, 7) is 0. The summed E-state index contributed by atoms with van der Waals surface area (Å²) in [4.78, 5) is 0. The molecule has 0 atom stereocenters. The first kappa shape index (κ1) is 13.2. The monoisotopic (exact) mass is 250 g/mol. The highest BCUT2D eigenvalue weighted by Crippen LogP contribution is 2.38. The third kappa shape index (κ3) is 2.78. The van der Waals surface area contributed by atoms with Crippen molar-refractivity contribution in [1.29, 1.82) is 0 Å². The van der Waals surface area contributed by atoms with Gasteiger partial charge in [-0.05, 0) is 30.5 Å². The Labute approximate surface area is 109 Å². The van der Waals surface area contributed by atoms with Crippen LogP contribution in [0.25, 0.3) is 0 Å². The van der Waals surface area contributed by atoms with Crippen LogP contribution in [0.1, 0.15) is 44.1 Å². The summed E-state index contributed by atoms with van der Waals surface area (Å²) in [7, 11) is 3.27. The van der Waals surface area contributed by atoms with Crippen molar-refractivity contribution in [2.24, 2.45) is 0 Å². The lowest BCUT2D eigenvalue weighted by molar-refractivity contribution is 0.0203. The number of aliphatic hydroxyl groups is 1. The third-order valence-electron chi connectivity index (χ3n) is 3.82. The molecule has 0 aliphatic heterocycles. The Bertz CT molecular complexity index is 370. The summed E-state index contributed by atoms with van der Waals surface area (Å²) in [5.41, 5.74) is 0.193. The zero-order chi connectivity index (χ0) is 13.0. The molecule has 0 saturated heterocycles. The van der Waals surface area contributed by atoms with E-state index in [-0.39, 0.29) is 0 Å². The number of hydrogen-bond acceptors (Lipinski definition) is 3. The number of rotatable bonds is 3. The van der Waals surface area contributed by atoms with Crippen molar-refractivity contribution in [3.8, 4) is 11.5 Å². The molecule has 3 nitrogen and oxygen atoms in total. The first-order valence-corrected chi connectivity index (χ1v) is 6.64. The minimum absolute atomic E-state index is 0.724. The van der Waals surface area contributed by atoms with Gasteiger partial charge in [0.2, 0.25) is 0 Å². The summed E-state index contributed by atoms with van der Waals surface area (Å²) < 4.78 is 10.5. The van der Waals surface area contributed by atoms with Gasteiger partial charge in [-0.2, -0.15) is 0 Å². The maximum atomic E-state index is 10.9. The molecule has 1 N–H and O–H groups in total. The molecule has 0 bridgehead atoms. The van der Waals surface area contributed by atoms with Crippen LogP contribution >= 0.6 is 0 Å². The van der Waals surface area contributed by atoms with E-state index in [1.165, 1.54) is 12.8 Å². The molecular formula is C15H22O3. The second kappa shape index (κ2) is 5.61. The SMILES string of the molecule is COc1cc(OC)cc(C2(O)CCCCCC2)c1. The maximum absolute atomic E-state index is 10.9. The van der Waals surface area contributed by atoms with Gasteiger partial charge in [0.25, 0.3) is 0 Å². The second-order valence-corrected chi connectivity index (χ2v) is 5.05. The lowest BCUT2D eigenvalue weighted by Gasteiger charge is -2.28. The molecule has 1 aliphatic carbocycles. The normalized spacial score (nSPS) is 19.1. The highest BCUT2D eigenvalue weighted by atomic mass is 16.5. The van der Waals surface area contributed by atoms with E-state index in [4.69, 9.17) is 9.47 Å². The molecule has 2 rings (SSSR count). The van der Waals surface area contributed by atoms with Gasteiger partial charge in [0.1, 0.15) is 11.5 Å². The molecule has 0 radical (unpaired) electrons. The van der Waals surface area contributed by atoms with Crippen LogP contribution in [0.4, 0.5) is 0 Å². The minimum Gasteiger partial charge on any atom is -0.497 e. The van der Waals surface area contributed by atoms with Gasteiger partial charge in [0.15, 0.2) is 0 Å². The number of ether oxygens (including phenoxy) is 2. The maximum Gasteiger partial charge on any atom is 0.122 e. The average molecular weight is 250 g/mol. The quantitative estimate of drug-likeness (QED) is 0.837. The molecule has 1 saturated carbocycles. The van der Waals surface area contributed by atoms with E-state index >= 15 is 0 Å². The van der Waals surface area contributed by atoms with E-state index in [1.54, 1.807) is 14.2 Å². The standard InChI is InChI=1S/C15H22O3/c1-17-13-9-12(10-14(11-13)18-2)15(16)7-5-3-4-6-8-15/h9-11,16H,3-8H2,1-2H3. The number of hydrogen-bond donors (Lipinski definition) is 1. The summed E-state index contributed by atoms with van der Waals surface area (Å²) >= 11 is 0. The Hall–Kier alpha value is -1.22. The van der Waals surface area contributed by atoms with E-state index in [0.717, 1.165) is 42.7 Å². The molecule has 100 valence electrons. The van der Waals surface area contributed by atoms with Crippen LogP contribution in [-0.2, 0) is 5.60 Å². The van der Waals surface area contributed by atoms with E-state index in [1.807, 2.05) is 18.2 Å². The van der Waals surface area contributed by atoms with Crippen LogP contribution in [0, 0.1) is 0 Å². The molecular weight excluding hydrogens is 228 g/mol. The van der Waals surface area contributed by atoms with Gasteiger partial charge in [-0.1, -0.05) is 25.7 Å². The number of methoxy groups -OCH3 is 2. The van der Waals surface area contributed by atoms with E-state index in [2.05, 4.69) is 0 Å². The molecule has 1 aromatic carbocycles. The molecule has 1 aliphatic rings. The zero-order valence-electron chi connectivity index (χ0n) is 11.2. The number of benzene rings is 1. The van der Waals surface area contributed by atoms with Gasteiger partial charge in [-0.25, -0.2) is 0 Å². The molecule has 0 heterocycles. The van der Waals surface area contributed by atoms with Gasteiger partial charge >= 0.3 is 0 Å². The highest BCUT2D eigenvalue weighted by Gasteiger charge is 2.30. The average Bonchev–Trinajstić information content (AvgIpc) is 2.64. The van der Waals surface area contributed by atoms with Crippen LogP contribution in [0.5, 0.6) is 11.5 Å². The van der Waals surface area contributed by atoms with Crippen molar-refractivity contribution in [2.75, 3.05) is 14.2 Å². The van der Waals surface area contributed by atoms with Crippen LogP contribution in [0.3, 0.4) is 0 Å². The molecule has 18 heavy (non-hydrogen) atoms. The van der Waals surface area contributed by atoms with Gasteiger partial charge < -0.3 is 14.6 Å². The molecule has 0 aromatic heterocycles. The molecule has 1 fully saturated rings. The Morgan fingerprint density at radius 1 is 0.889 bits per heavy atom. The molecule has 0 unspecified atom stereocenters. The van der Waals surface area contributed by atoms with Crippen molar-refractivity contribution < 1.29 is 14.6 Å². The Morgan fingerprint density at radius 2 is 1.39 bits per heavy atom. The van der Waals surface area contributed by atoms with Crippen LogP contribution < -0.4 is 9.47 Å². The lowest BCUT2D eigenvalue weighted by Crippen LogP contribution is -2.24. The van der Waals surface area contributed by atoms with Gasteiger partial charge in [0.05, 0.1) is 19.8 Å². The highest BCUT2D eigenvalue weighted by molar-refractivity contribution is 5.41. The van der Waals surface area contributed by atoms with Crippen LogP contribution in [0.2, 0.25) is 0 Å². The largest absolute Gasteiger partial charge is 0.497 e. The third-order valence-corrected chi connectivity index (χ3v) is 3.82. The fourth-order valence-corrected chi connectivity index (χ4v) is 2.68. The van der Waals surface area contributed by atoms with Crippen molar-refractivity contribution in [3.05, 3.63) is 23.8 Å². The van der Waals surface area contributed by atoms with Gasteiger partial charge in [0, 0.05) is 6.07 Å². The van der Waals surface area contributed by atoms with Crippen LogP contribution in [0.15, 0.2) is 18.2 Å². The predicted octanol–water partition coefficient (Wildman–Crippen LogP) is 3.25. The Kier molecular flexibility index (Phi) is 4.12. The smallest absolute Gasteiger partial charge is 0.122 e. The summed E-state index contributed by atoms with van der Waals surface area (Å²) in [5.74, 6) is 1.48. The topological polar surface area (TPSA) is 38.7 Å². The molecule has 0 amide bonds. The molecule has 0 spiro atoms. The zero-order valence-corrected chi connectivity index (χ0v) is 11.2. The fraction of sp³-hybridized carbons (Fsp3) is 0.600. The molecule has 3 heteroatoms. The first-order chi connectivity index (χ1) is 8.68. The van der Waals surface area contributed by atoms with Crippen molar-refractivity contribution >= 4 is 0 Å². The first-order valence-electron chi connectivity index (χ1n) is 6.64. The van der Waals surface area contributed by atoms with Crippen molar-refractivity contribution in [3.63, 3.8) is 0 Å². The summed E-state index contributed by atoms with van der Waals surface area (Å²) in [6.07, 6.45) is 6.23. The fourth-order valence-electron chi connectivity index (χ4n) is 2.68. The van der Waals surface area contributed by atoms with Crippen LogP contribution in [-0.4, -0.2) is 19.3 Å². The van der Waals surface area contributed by atoms with Crippen molar-refractivity contribution in [2.45, 2.75) is 44.1 Å². The van der Waals surface area contributed by atoms with Crippen molar-refractivity contribution in [1.82, 2.24) is 0 Å². The lowest BCUT2D eigenvalue weighted by atomic mass is 9.86. The van der Waals surface area contributed by atoms with E-state index in [9.17, 15) is 5.11 Å². The summed E-state index contributed by atoms with van der Waals surface area (Å²) in [6, 6.07) is 5.69. The minimum atomic E-state index is -0.724.